The van der Waals surface area contributed by atoms with Crippen molar-refractivity contribution in [1.82, 2.24) is 0 Å². The van der Waals surface area contributed by atoms with Gasteiger partial charge in [0.15, 0.2) is 11.6 Å². The molecule has 3 aromatic rings. The number of phenolic OH excluding ortho intramolecular Hbond substituents is 1. The minimum Gasteiger partial charge on any atom is -0.507 e. The van der Waals surface area contributed by atoms with Gasteiger partial charge in [0.25, 0.3) is 0 Å². The Hall–Kier alpha value is -4.13. The molecule has 214 valence electrons. The summed E-state index contributed by atoms with van der Waals surface area (Å²) in [5.41, 5.74) is 0.835. The van der Waals surface area contributed by atoms with Crippen LogP contribution in [0.4, 0.5) is 0 Å². The number of aliphatic hydroxyl groups is 4. The summed E-state index contributed by atoms with van der Waals surface area (Å²) in [5.74, 6) is -2.49. The number of phenols is 1. The first-order chi connectivity index (χ1) is 19.5. The quantitative estimate of drug-likeness (QED) is 0.169. The van der Waals surface area contributed by atoms with Gasteiger partial charge in [0, 0.05) is 35.6 Å². The number of rotatable bonds is 6. The molecule has 0 saturated carbocycles. The molecule has 0 radical (unpaired) electrons. The van der Waals surface area contributed by atoms with Gasteiger partial charge in [0.1, 0.15) is 35.6 Å². The Morgan fingerprint density at radius 3 is 2.34 bits per heavy atom. The molecule has 11 nitrogen and oxygen atoms in total. The molecule has 5 rings (SSSR count). The largest absolute Gasteiger partial charge is 0.507 e. The summed E-state index contributed by atoms with van der Waals surface area (Å²) in [6.45, 7) is 2.44. The first-order valence-corrected chi connectivity index (χ1v) is 12.9. The average molecular weight is 565 g/mol. The minimum atomic E-state index is -1.69. The van der Waals surface area contributed by atoms with Crippen LogP contribution in [0.5, 0.6) is 17.2 Å². The number of carbonyl (C=O) groups is 3. The molecule has 1 saturated heterocycles. The van der Waals surface area contributed by atoms with E-state index in [0.29, 0.717) is 11.1 Å². The standard InChI is InChI=1S/C30H28O11/c1-13-24(33)28(37)29(38)30(39-13)41-22-11-21-23(27(36)20(22)9-15-4-3-5-16(8-15)12-31)26(35)18-7-6-17(40-14(2)32)10-19(18)25(21)34/h3-8,10-11,13,24,28-31,33,36-38H,9,12H2,1-2H3/t13-,24+,28+,29+,30+/m0/s1. The smallest absolute Gasteiger partial charge is 0.308 e. The lowest BCUT2D eigenvalue weighted by Crippen LogP contribution is -2.58. The summed E-state index contributed by atoms with van der Waals surface area (Å²) in [6.07, 6.45) is -7.11. The highest BCUT2D eigenvalue weighted by atomic mass is 16.7. The van der Waals surface area contributed by atoms with Crippen LogP contribution in [-0.2, 0) is 22.6 Å². The van der Waals surface area contributed by atoms with Crippen LogP contribution in [0.25, 0.3) is 0 Å². The van der Waals surface area contributed by atoms with E-state index in [-0.39, 0.29) is 52.3 Å². The van der Waals surface area contributed by atoms with Crippen molar-refractivity contribution >= 4 is 17.5 Å². The molecule has 3 aromatic carbocycles. The van der Waals surface area contributed by atoms with E-state index in [1.54, 1.807) is 24.3 Å². The van der Waals surface area contributed by atoms with Crippen LogP contribution in [-0.4, -0.2) is 73.8 Å². The Labute approximate surface area is 234 Å². The number of ketones is 2. The number of esters is 1. The molecule has 5 N–H and O–H groups in total. The fourth-order valence-corrected chi connectivity index (χ4v) is 5.07. The van der Waals surface area contributed by atoms with Gasteiger partial charge in [-0.05, 0) is 42.3 Å². The van der Waals surface area contributed by atoms with Crippen LogP contribution in [0.3, 0.4) is 0 Å². The van der Waals surface area contributed by atoms with Crippen molar-refractivity contribution in [2.75, 3.05) is 0 Å². The van der Waals surface area contributed by atoms with Gasteiger partial charge in [-0.1, -0.05) is 24.3 Å². The number of aromatic hydroxyl groups is 1. The molecule has 0 spiro atoms. The minimum absolute atomic E-state index is 0.00701. The van der Waals surface area contributed by atoms with Gasteiger partial charge in [-0.25, -0.2) is 0 Å². The Balaban J connectivity index is 1.63. The third-order valence-electron chi connectivity index (χ3n) is 7.18. The zero-order valence-corrected chi connectivity index (χ0v) is 22.1. The van der Waals surface area contributed by atoms with E-state index >= 15 is 0 Å². The molecular weight excluding hydrogens is 536 g/mol. The second-order valence-electron chi connectivity index (χ2n) is 10.0. The maximum absolute atomic E-state index is 13.6. The van der Waals surface area contributed by atoms with E-state index in [2.05, 4.69) is 0 Å². The maximum Gasteiger partial charge on any atom is 0.308 e. The molecule has 0 amide bonds. The lowest BCUT2D eigenvalue weighted by atomic mass is 9.81. The number of carbonyl (C=O) groups excluding carboxylic acids is 3. The number of hydrogen-bond donors (Lipinski definition) is 5. The van der Waals surface area contributed by atoms with E-state index in [4.69, 9.17) is 14.2 Å². The lowest BCUT2D eigenvalue weighted by molar-refractivity contribution is -0.268. The normalized spacial score (nSPS) is 23.5. The summed E-state index contributed by atoms with van der Waals surface area (Å²) in [6, 6.07) is 12.1. The first-order valence-electron chi connectivity index (χ1n) is 12.9. The van der Waals surface area contributed by atoms with Crippen molar-refractivity contribution in [2.24, 2.45) is 0 Å². The van der Waals surface area contributed by atoms with E-state index in [0.717, 1.165) is 0 Å². The molecule has 1 aliphatic heterocycles. The maximum atomic E-state index is 13.6. The monoisotopic (exact) mass is 564 g/mol. The Morgan fingerprint density at radius 2 is 1.63 bits per heavy atom. The van der Waals surface area contributed by atoms with Crippen LogP contribution in [0.2, 0.25) is 0 Å². The predicted octanol–water partition coefficient (Wildman–Crippen LogP) is 1.38. The van der Waals surface area contributed by atoms with Gasteiger partial charge in [-0.15, -0.1) is 0 Å². The Bertz CT molecular complexity index is 1550. The van der Waals surface area contributed by atoms with E-state index in [1.807, 2.05) is 0 Å². The summed E-state index contributed by atoms with van der Waals surface area (Å²) in [5, 5.41) is 51.9. The topological polar surface area (TPSA) is 180 Å². The number of benzene rings is 3. The van der Waals surface area contributed by atoms with Crippen LogP contribution >= 0.6 is 0 Å². The van der Waals surface area contributed by atoms with Crippen molar-refractivity contribution in [3.05, 3.63) is 87.5 Å². The Kier molecular flexibility index (Phi) is 7.64. The van der Waals surface area contributed by atoms with Gasteiger partial charge in [-0.3, -0.25) is 14.4 Å². The average Bonchev–Trinajstić information content (AvgIpc) is 2.94. The van der Waals surface area contributed by atoms with Gasteiger partial charge >= 0.3 is 5.97 Å². The van der Waals surface area contributed by atoms with Gasteiger partial charge in [0.2, 0.25) is 6.29 Å². The molecule has 0 unspecified atom stereocenters. The van der Waals surface area contributed by atoms with Crippen molar-refractivity contribution in [1.29, 1.82) is 0 Å². The Morgan fingerprint density at radius 1 is 0.902 bits per heavy atom. The number of ether oxygens (including phenoxy) is 3. The molecule has 11 heteroatoms. The molecule has 1 aliphatic carbocycles. The summed E-state index contributed by atoms with van der Waals surface area (Å²) >= 11 is 0. The predicted molar refractivity (Wildman–Crippen MR) is 141 cm³/mol. The molecule has 0 bridgehead atoms. The van der Waals surface area contributed by atoms with Crippen LogP contribution in [0.1, 0.15) is 62.4 Å². The van der Waals surface area contributed by atoms with Gasteiger partial charge < -0.3 is 39.7 Å². The molecule has 41 heavy (non-hydrogen) atoms. The molecule has 5 atom stereocenters. The SMILES string of the molecule is CC(=O)Oc1ccc2c(c1)C(=O)c1cc(O[C@H]3O[C@@H](C)[C@@H](O)[C@@H](O)[C@H]3O)c(Cc3cccc(CO)c3)c(O)c1C2=O. The lowest BCUT2D eigenvalue weighted by Gasteiger charge is -2.39. The number of fused-ring (bicyclic) bond motifs is 2. The fourth-order valence-electron chi connectivity index (χ4n) is 5.07. The molecule has 1 heterocycles. The van der Waals surface area contributed by atoms with Crippen molar-refractivity contribution in [3.63, 3.8) is 0 Å². The van der Waals surface area contributed by atoms with E-state index < -0.39 is 54.0 Å². The third-order valence-corrected chi connectivity index (χ3v) is 7.18. The van der Waals surface area contributed by atoms with Crippen LogP contribution in [0, 0.1) is 0 Å². The summed E-state index contributed by atoms with van der Waals surface area (Å²) < 4.78 is 16.6. The second kappa shape index (κ2) is 11.0. The molecule has 0 aromatic heterocycles. The number of hydrogen-bond acceptors (Lipinski definition) is 11. The van der Waals surface area contributed by atoms with Crippen molar-refractivity contribution < 1.29 is 54.1 Å². The second-order valence-corrected chi connectivity index (χ2v) is 10.0. The highest BCUT2D eigenvalue weighted by molar-refractivity contribution is 6.29. The first kappa shape index (κ1) is 28.4. The van der Waals surface area contributed by atoms with Gasteiger partial charge in [-0.2, -0.15) is 0 Å². The van der Waals surface area contributed by atoms with E-state index in [1.165, 1.54) is 38.1 Å². The third kappa shape index (κ3) is 5.21. The molecular formula is C30H28O11. The van der Waals surface area contributed by atoms with Crippen LogP contribution < -0.4 is 9.47 Å². The molecule has 1 fully saturated rings. The zero-order valence-electron chi connectivity index (χ0n) is 22.1. The number of aliphatic hydroxyl groups excluding tert-OH is 4. The van der Waals surface area contributed by atoms with Crippen LogP contribution in [0.15, 0.2) is 48.5 Å². The highest BCUT2D eigenvalue weighted by Crippen LogP contribution is 2.42. The van der Waals surface area contributed by atoms with E-state index in [9.17, 15) is 39.9 Å². The summed E-state index contributed by atoms with van der Waals surface area (Å²) in [4.78, 5) is 38.6. The fraction of sp³-hybridized carbons (Fsp3) is 0.300. The highest BCUT2D eigenvalue weighted by Gasteiger charge is 2.44. The molecule has 2 aliphatic rings. The van der Waals surface area contributed by atoms with Gasteiger partial charge in [0.05, 0.1) is 18.3 Å². The zero-order chi connectivity index (χ0) is 29.6. The summed E-state index contributed by atoms with van der Waals surface area (Å²) in [7, 11) is 0. The van der Waals surface area contributed by atoms with Crippen molar-refractivity contribution in [2.45, 2.75) is 57.6 Å². The van der Waals surface area contributed by atoms with Crippen molar-refractivity contribution in [3.8, 4) is 17.2 Å².